The standard InChI is InChI=1S/C17H21N3O3S/c1-2-14-19-20-15(21)8-13(18-17(20)24-14)9-23-16(22)7-12-6-10-3-4-11(12)5-10/h8,10-12H,2-7,9H2,1H3/t10-,11+,12+/m0/s1. The van der Waals surface area contributed by atoms with E-state index in [9.17, 15) is 9.59 Å². The van der Waals surface area contributed by atoms with Crippen molar-refractivity contribution in [3.05, 3.63) is 27.1 Å². The zero-order chi connectivity index (χ0) is 16.7. The van der Waals surface area contributed by atoms with Crippen LogP contribution in [-0.4, -0.2) is 20.6 Å². The second-order valence-electron chi connectivity index (χ2n) is 6.93. The van der Waals surface area contributed by atoms with Gasteiger partial charge in [-0.2, -0.15) is 9.61 Å². The van der Waals surface area contributed by atoms with Gasteiger partial charge in [0.2, 0.25) is 4.96 Å². The Morgan fingerprint density at radius 1 is 1.42 bits per heavy atom. The van der Waals surface area contributed by atoms with Crippen LogP contribution in [0.1, 0.15) is 49.7 Å². The van der Waals surface area contributed by atoms with Gasteiger partial charge in [0, 0.05) is 12.5 Å². The molecule has 4 rings (SSSR count). The summed E-state index contributed by atoms with van der Waals surface area (Å²) in [6.45, 7) is 2.05. The van der Waals surface area contributed by atoms with Gasteiger partial charge in [0.25, 0.3) is 5.56 Å². The second-order valence-corrected chi connectivity index (χ2v) is 7.97. The maximum Gasteiger partial charge on any atom is 0.306 e. The zero-order valence-electron chi connectivity index (χ0n) is 13.7. The molecule has 2 aliphatic carbocycles. The van der Waals surface area contributed by atoms with Gasteiger partial charge in [-0.3, -0.25) is 9.59 Å². The Morgan fingerprint density at radius 3 is 3.00 bits per heavy atom. The van der Waals surface area contributed by atoms with Gasteiger partial charge in [-0.15, -0.1) is 0 Å². The third kappa shape index (κ3) is 2.97. The van der Waals surface area contributed by atoms with Crippen molar-refractivity contribution in [2.45, 2.75) is 52.1 Å². The molecule has 3 atom stereocenters. The molecular weight excluding hydrogens is 326 g/mol. The van der Waals surface area contributed by atoms with E-state index in [0.29, 0.717) is 28.9 Å². The monoisotopic (exact) mass is 347 g/mol. The van der Waals surface area contributed by atoms with Crippen LogP contribution in [0.3, 0.4) is 0 Å². The molecule has 7 heteroatoms. The largest absolute Gasteiger partial charge is 0.459 e. The topological polar surface area (TPSA) is 73.6 Å². The summed E-state index contributed by atoms with van der Waals surface area (Å²) in [5, 5.41) is 5.08. The van der Waals surface area contributed by atoms with Crippen LogP contribution in [0.4, 0.5) is 0 Å². The van der Waals surface area contributed by atoms with Crippen LogP contribution in [0, 0.1) is 17.8 Å². The second kappa shape index (κ2) is 6.27. The Balaban J connectivity index is 1.39. The predicted octanol–water partition coefficient (Wildman–Crippen LogP) is 2.58. The average molecular weight is 347 g/mol. The number of hydrogen-bond acceptors (Lipinski definition) is 6. The van der Waals surface area contributed by atoms with E-state index >= 15 is 0 Å². The summed E-state index contributed by atoms with van der Waals surface area (Å²) in [7, 11) is 0. The number of ether oxygens (including phenoxy) is 1. The number of aryl methyl sites for hydroxylation is 1. The fourth-order valence-electron chi connectivity index (χ4n) is 4.17. The first-order chi connectivity index (χ1) is 11.6. The summed E-state index contributed by atoms with van der Waals surface area (Å²) in [5.41, 5.74) is 0.266. The van der Waals surface area contributed by atoms with Gasteiger partial charge < -0.3 is 4.74 Å². The van der Waals surface area contributed by atoms with E-state index in [1.54, 1.807) is 0 Å². The minimum absolute atomic E-state index is 0.0603. The molecule has 2 aromatic rings. The molecule has 2 aromatic heterocycles. The number of esters is 1. The summed E-state index contributed by atoms with van der Waals surface area (Å²) in [4.78, 5) is 29.1. The highest BCUT2D eigenvalue weighted by molar-refractivity contribution is 7.16. The summed E-state index contributed by atoms with van der Waals surface area (Å²) in [6, 6.07) is 1.40. The molecule has 0 aliphatic heterocycles. The molecule has 6 nitrogen and oxygen atoms in total. The number of carbonyl (C=O) groups is 1. The van der Waals surface area contributed by atoms with E-state index in [1.807, 2.05) is 6.92 Å². The maximum absolute atomic E-state index is 12.1. The van der Waals surface area contributed by atoms with Crippen molar-refractivity contribution in [1.82, 2.24) is 14.6 Å². The molecular formula is C17H21N3O3S. The van der Waals surface area contributed by atoms with Crippen molar-refractivity contribution >= 4 is 22.3 Å². The normalized spacial score (nSPS) is 25.5. The number of carbonyl (C=O) groups excluding carboxylic acids is 1. The van der Waals surface area contributed by atoms with Crippen LogP contribution in [-0.2, 0) is 22.6 Å². The van der Waals surface area contributed by atoms with E-state index in [0.717, 1.165) is 17.3 Å². The molecule has 0 spiro atoms. The van der Waals surface area contributed by atoms with Crippen molar-refractivity contribution in [2.75, 3.05) is 0 Å². The minimum Gasteiger partial charge on any atom is -0.459 e. The van der Waals surface area contributed by atoms with Gasteiger partial charge >= 0.3 is 5.97 Å². The molecule has 2 aliphatic rings. The van der Waals surface area contributed by atoms with Crippen molar-refractivity contribution in [3.8, 4) is 0 Å². The lowest BCUT2D eigenvalue weighted by Crippen LogP contribution is -2.19. The van der Waals surface area contributed by atoms with E-state index in [4.69, 9.17) is 4.74 Å². The molecule has 128 valence electrons. The summed E-state index contributed by atoms with van der Waals surface area (Å²) in [6.07, 6.45) is 6.33. The quantitative estimate of drug-likeness (QED) is 0.777. The van der Waals surface area contributed by atoms with Crippen LogP contribution in [0.15, 0.2) is 10.9 Å². The SMILES string of the molecule is CCc1nn2c(=O)cc(COC(=O)C[C@H]3C[C@H]4CC[C@@H]3C4)nc2s1. The van der Waals surface area contributed by atoms with E-state index in [-0.39, 0.29) is 18.1 Å². The van der Waals surface area contributed by atoms with Gasteiger partial charge in [-0.25, -0.2) is 4.98 Å². The molecule has 0 amide bonds. The van der Waals surface area contributed by atoms with Crippen LogP contribution in [0.5, 0.6) is 0 Å². The number of hydrogen-bond donors (Lipinski definition) is 0. The Hall–Kier alpha value is -1.76. The fourth-order valence-corrected chi connectivity index (χ4v) is 5.02. The summed E-state index contributed by atoms with van der Waals surface area (Å²) in [5.74, 6) is 1.86. The van der Waals surface area contributed by atoms with Crippen molar-refractivity contribution < 1.29 is 9.53 Å². The Labute approximate surface area is 143 Å². The molecule has 2 heterocycles. The molecule has 0 radical (unpaired) electrons. The van der Waals surface area contributed by atoms with E-state index < -0.39 is 0 Å². The molecule has 0 unspecified atom stereocenters. The molecule has 2 bridgehead atoms. The van der Waals surface area contributed by atoms with Crippen molar-refractivity contribution in [2.24, 2.45) is 17.8 Å². The highest BCUT2D eigenvalue weighted by Crippen LogP contribution is 2.49. The third-order valence-electron chi connectivity index (χ3n) is 5.34. The van der Waals surface area contributed by atoms with Crippen LogP contribution < -0.4 is 5.56 Å². The molecule has 2 saturated carbocycles. The maximum atomic E-state index is 12.1. The number of fused-ring (bicyclic) bond motifs is 3. The van der Waals surface area contributed by atoms with Crippen LogP contribution in [0.25, 0.3) is 4.96 Å². The first kappa shape index (κ1) is 15.7. The molecule has 0 aromatic carbocycles. The first-order valence-corrected chi connectivity index (χ1v) is 9.48. The van der Waals surface area contributed by atoms with Crippen LogP contribution >= 0.6 is 11.3 Å². The highest BCUT2D eigenvalue weighted by atomic mass is 32.1. The van der Waals surface area contributed by atoms with Crippen molar-refractivity contribution in [3.63, 3.8) is 0 Å². The fraction of sp³-hybridized carbons (Fsp3) is 0.647. The van der Waals surface area contributed by atoms with E-state index in [1.165, 1.54) is 47.6 Å². The van der Waals surface area contributed by atoms with Gasteiger partial charge in [0.05, 0.1) is 5.69 Å². The van der Waals surface area contributed by atoms with E-state index in [2.05, 4.69) is 10.1 Å². The smallest absolute Gasteiger partial charge is 0.306 e. The van der Waals surface area contributed by atoms with Gasteiger partial charge in [-0.1, -0.05) is 24.7 Å². The number of rotatable bonds is 5. The van der Waals surface area contributed by atoms with Crippen molar-refractivity contribution in [1.29, 1.82) is 0 Å². The van der Waals surface area contributed by atoms with Gasteiger partial charge in [0.15, 0.2) is 0 Å². The number of nitrogens with zero attached hydrogens (tertiary/aromatic N) is 3. The summed E-state index contributed by atoms with van der Waals surface area (Å²) < 4.78 is 6.68. The Kier molecular flexibility index (Phi) is 4.12. The Morgan fingerprint density at radius 2 is 2.29 bits per heavy atom. The Bertz CT molecular complexity index is 828. The molecule has 0 saturated heterocycles. The average Bonchev–Trinajstić information content (AvgIpc) is 3.27. The third-order valence-corrected chi connectivity index (χ3v) is 6.39. The van der Waals surface area contributed by atoms with Crippen LogP contribution in [0.2, 0.25) is 0 Å². The molecule has 0 N–H and O–H groups in total. The lowest BCUT2D eigenvalue weighted by molar-refractivity contribution is -0.146. The summed E-state index contributed by atoms with van der Waals surface area (Å²) >= 11 is 1.39. The zero-order valence-corrected chi connectivity index (χ0v) is 14.6. The van der Waals surface area contributed by atoms with Gasteiger partial charge in [0.1, 0.15) is 11.6 Å². The molecule has 24 heavy (non-hydrogen) atoms. The highest BCUT2D eigenvalue weighted by Gasteiger charge is 2.40. The lowest BCUT2D eigenvalue weighted by atomic mass is 9.86. The minimum atomic E-state index is -0.227. The lowest BCUT2D eigenvalue weighted by Gasteiger charge is -2.20. The number of aromatic nitrogens is 3. The molecule has 2 fully saturated rings. The van der Waals surface area contributed by atoms with Gasteiger partial charge in [-0.05, 0) is 43.4 Å². The predicted molar refractivity (Wildman–Crippen MR) is 89.9 cm³/mol. The first-order valence-electron chi connectivity index (χ1n) is 8.66.